The van der Waals surface area contributed by atoms with Gasteiger partial charge in [-0.25, -0.2) is 4.39 Å². The molecule has 26 heavy (non-hydrogen) atoms. The molecule has 0 aliphatic heterocycles. The molecule has 0 bridgehead atoms. The molecule has 2 aromatic heterocycles. The fourth-order valence-electron chi connectivity index (χ4n) is 2.97. The molecular weight excluding hydrogens is 329 g/mol. The zero-order valence-corrected chi connectivity index (χ0v) is 14.4. The van der Waals surface area contributed by atoms with Gasteiger partial charge in [-0.15, -0.1) is 5.10 Å². The second-order valence-electron chi connectivity index (χ2n) is 6.30. The van der Waals surface area contributed by atoms with Gasteiger partial charge in [-0.05, 0) is 46.7 Å². The SMILES string of the molecule is Cc1cccc(-c2cc(CNCc3ccc(F)cc3)c3nnnn3c2)c1. The van der Waals surface area contributed by atoms with Gasteiger partial charge in [0.15, 0.2) is 5.65 Å². The summed E-state index contributed by atoms with van der Waals surface area (Å²) in [6.45, 7) is 3.33. The van der Waals surface area contributed by atoms with E-state index < -0.39 is 0 Å². The van der Waals surface area contributed by atoms with Gasteiger partial charge in [0, 0.05) is 30.4 Å². The first-order valence-corrected chi connectivity index (χ1v) is 8.42. The van der Waals surface area contributed by atoms with Gasteiger partial charge in [0.2, 0.25) is 0 Å². The van der Waals surface area contributed by atoms with Crippen molar-refractivity contribution in [3.05, 3.63) is 83.3 Å². The average molecular weight is 347 g/mol. The van der Waals surface area contributed by atoms with Crippen LogP contribution in [0.2, 0.25) is 0 Å². The Morgan fingerprint density at radius 1 is 1.00 bits per heavy atom. The van der Waals surface area contributed by atoms with Crippen LogP contribution >= 0.6 is 0 Å². The number of rotatable bonds is 5. The minimum atomic E-state index is -0.226. The number of nitrogens with one attached hydrogen (secondary N) is 1. The molecule has 6 heteroatoms. The lowest BCUT2D eigenvalue weighted by Gasteiger charge is -2.09. The van der Waals surface area contributed by atoms with Gasteiger partial charge in [0.25, 0.3) is 0 Å². The number of aryl methyl sites for hydroxylation is 1. The molecule has 130 valence electrons. The number of hydrogen-bond acceptors (Lipinski definition) is 4. The number of halogens is 1. The first kappa shape index (κ1) is 16.4. The summed E-state index contributed by atoms with van der Waals surface area (Å²) in [6.07, 6.45) is 1.94. The lowest BCUT2D eigenvalue weighted by Crippen LogP contribution is -2.14. The Balaban J connectivity index is 1.59. The Labute approximate surface area is 150 Å². The summed E-state index contributed by atoms with van der Waals surface area (Å²) >= 11 is 0. The topological polar surface area (TPSA) is 55.1 Å². The molecule has 0 amide bonds. The second kappa shape index (κ2) is 7.01. The zero-order valence-electron chi connectivity index (χ0n) is 14.4. The third-order valence-electron chi connectivity index (χ3n) is 4.28. The van der Waals surface area contributed by atoms with Gasteiger partial charge in [-0.1, -0.05) is 42.0 Å². The Morgan fingerprint density at radius 3 is 2.65 bits per heavy atom. The highest BCUT2D eigenvalue weighted by molar-refractivity contribution is 5.67. The van der Waals surface area contributed by atoms with Crippen molar-refractivity contribution in [3.8, 4) is 11.1 Å². The van der Waals surface area contributed by atoms with Gasteiger partial charge in [0.05, 0.1) is 0 Å². The van der Waals surface area contributed by atoms with E-state index in [0.29, 0.717) is 13.1 Å². The molecular formula is C20H18FN5. The number of benzene rings is 2. The van der Waals surface area contributed by atoms with Crippen LogP contribution in [0.25, 0.3) is 16.8 Å². The van der Waals surface area contributed by atoms with Crippen LogP contribution in [0.4, 0.5) is 4.39 Å². The summed E-state index contributed by atoms with van der Waals surface area (Å²) in [6, 6.07) is 16.9. The fraction of sp³-hybridized carbons (Fsp3) is 0.150. The van der Waals surface area contributed by atoms with Crippen molar-refractivity contribution in [2.45, 2.75) is 20.0 Å². The summed E-state index contributed by atoms with van der Waals surface area (Å²) in [7, 11) is 0. The molecule has 5 nitrogen and oxygen atoms in total. The third-order valence-corrected chi connectivity index (χ3v) is 4.28. The number of pyridine rings is 1. The van der Waals surface area contributed by atoms with Crippen LogP contribution in [0.1, 0.15) is 16.7 Å². The molecule has 2 aromatic carbocycles. The van der Waals surface area contributed by atoms with Crippen molar-refractivity contribution in [2.24, 2.45) is 0 Å². The summed E-state index contributed by atoms with van der Waals surface area (Å²) in [5.41, 5.74) is 6.16. The van der Waals surface area contributed by atoms with E-state index in [-0.39, 0.29) is 5.82 Å². The number of tetrazole rings is 1. The smallest absolute Gasteiger partial charge is 0.183 e. The average Bonchev–Trinajstić information content (AvgIpc) is 3.12. The third kappa shape index (κ3) is 3.45. The monoisotopic (exact) mass is 347 g/mol. The maximum absolute atomic E-state index is 13.0. The van der Waals surface area contributed by atoms with Crippen LogP contribution in [-0.2, 0) is 13.1 Å². The second-order valence-corrected chi connectivity index (χ2v) is 6.30. The van der Waals surface area contributed by atoms with Gasteiger partial charge >= 0.3 is 0 Å². The van der Waals surface area contributed by atoms with Crippen LogP contribution in [0.5, 0.6) is 0 Å². The fourth-order valence-corrected chi connectivity index (χ4v) is 2.97. The Hall–Kier alpha value is -3.12. The Kier molecular flexibility index (Phi) is 4.41. The minimum absolute atomic E-state index is 0.226. The molecule has 0 aliphatic rings. The van der Waals surface area contributed by atoms with Crippen LogP contribution in [0, 0.1) is 12.7 Å². The van der Waals surface area contributed by atoms with Crippen molar-refractivity contribution >= 4 is 5.65 Å². The molecule has 0 aliphatic carbocycles. The highest BCUT2D eigenvalue weighted by Gasteiger charge is 2.09. The lowest BCUT2D eigenvalue weighted by atomic mass is 10.0. The van der Waals surface area contributed by atoms with Crippen LogP contribution in [-0.4, -0.2) is 20.0 Å². The minimum Gasteiger partial charge on any atom is -0.308 e. The molecule has 0 unspecified atom stereocenters. The number of hydrogen-bond donors (Lipinski definition) is 1. The van der Waals surface area contributed by atoms with Crippen molar-refractivity contribution in [1.82, 2.24) is 25.4 Å². The molecule has 2 heterocycles. The van der Waals surface area contributed by atoms with Crippen LogP contribution < -0.4 is 5.32 Å². The number of aromatic nitrogens is 4. The van der Waals surface area contributed by atoms with Crippen molar-refractivity contribution in [2.75, 3.05) is 0 Å². The van der Waals surface area contributed by atoms with Crippen molar-refractivity contribution in [1.29, 1.82) is 0 Å². The maximum Gasteiger partial charge on any atom is 0.183 e. The first-order valence-electron chi connectivity index (χ1n) is 8.42. The molecule has 0 saturated carbocycles. The maximum atomic E-state index is 13.0. The van der Waals surface area contributed by atoms with E-state index in [2.05, 4.69) is 52.0 Å². The summed E-state index contributed by atoms with van der Waals surface area (Å²) in [5, 5.41) is 15.3. The van der Waals surface area contributed by atoms with E-state index in [0.717, 1.165) is 27.9 Å². The first-order chi connectivity index (χ1) is 12.7. The van der Waals surface area contributed by atoms with E-state index in [1.807, 2.05) is 12.3 Å². The number of nitrogens with zero attached hydrogens (tertiary/aromatic N) is 4. The van der Waals surface area contributed by atoms with Crippen LogP contribution in [0.15, 0.2) is 60.8 Å². The lowest BCUT2D eigenvalue weighted by molar-refractivity contribution is 0.625. The molecule has 0 radical (unpaired) electrons. The molecule has 0 fully saturated rings. The Morgan fingerprint density at radius 2 is 1.85 bits per heavy atom. The van der Waals surface area contributed by atoms with Crippen molar-refractivity contribution in [3.63, 3.8) is 0 Å². The van der Waals surface area contributed by atoms with E-state index in [1.165, 1.54) is 17.7 Å². The standard InChI is InChI=1S/C20H18FN5/c1-14-3-2-4-16(9-14)18-10-17(20-23-24-25-26(20)13-18)12-22-11-15-5-7-19(21)8-6-15/h2-10,13,22H,11-12H2,1H3. The molecule has 1 N–H and O–H groups in total. The molecule has 4 aromatic rings. The van der Waals surface area contributed by atoms with Gasteiger partial charge < -0.3 is 5.32 Å². The van der Waals surface area contributed by atoms with E-state index in [9.17, 15) is 4.39 Å². The summed E-state index contributed by atoms with van der Waals surface area (Å²) in [4.78, 5) is 0. The molecule has 0 spiro atoms. The van der Waals surface area contributed by atoms with E-state index >= 15 is 0 Å². The largest absolute Gasteiger partial charge is 0.308 e. The highest BCUT2D eigenvalue weighted by atomic mass is 19.1. The summed E-state index contributed by atoms with van der Waals surface area (Å²) in [5.74, 6) is -0.226. The van der Waals surface area contributed by atoms with Crippen molar-refractivity contribution < 1.29 is 4.39 Å². The van der Waals surface area contributed by atoms with Gasteiger partial charge in [-0.2, -0.15) is 4.52 Å². The predicted molar refractivity (Wildman–Crippen MR) is 97.9 cm³/mol. The van der Waals surface area contributed by atoms with Gasteiger partial charge in [0.1, 0.15) is 5.82 Å². The molecule has 0 atom stereocenters. The quantitative estimate of drug-likeness (QED) is 0.600. The zero-order chi connectivity index (χ0) is 17.9. The van der Waals surface area contributed by atoms with Gasteiger partial charge in [-0.3, -0.25) is 0 Å². The Bertz CT molecular complexity index is 1040. The van der Waals surface area contributed by atoms with E-state index in [4.69, 9.17) is 0 Å². The highest BCUT2D eigenvalue weighted by Crippen LogP contribution is 2.23. The van der Waals surface area contributed by atoms with E-state index in [1.54, 1.807) is 16.6 Å². The summed E-state index contributed by atoms with van der Waals surface area (Å²) < 4.78 is 14.7. The normalized spacial score (nSPS) is 11.2. The molecule has 4 rings (SSSR count). The predicted octanol–water partition coefficient (Wildman–Crippen LogP) is 3.53. The molecule has 0 saturated heterocycles. The van der Waals surface area contributed by atoms with Crippen LogP contribution in [0.3, 0.4) is 0 Å². The number of fused-ring (bicyclic) bond motifs is 1.